The van der Waals surface area contributed by atoms with Gasteiger partial charge in [-0.15, -0.1) is 0 Å². The van der Waals surface area contributed by atoms with Gasteiger partial charge in [0.15, 0.2) is 0 Å². The van der Waals surface area contributed by atoms with Gasteiger partial charge in [0.1, 0.15) is 16.4 Å². The van der Waals surface area contributed by atoms with E-state index in [4.69, 9.17) is 0 Å². The average Bonchev–Trinajstić information content (AvgIpc) is 2.52. The number of hydrogen-bond acceptors (Lipinski definition) is 4. The average molecular weight is 358 g/mol. The number of aromatic hydroxyl groups is 2. The second kappa shape index (κ2) is 10.6. The Kier molecular flexibility index (Phi) is 9.14. The van der Waals surface area contributed by atoms with Gasteiger partial charge in [-0.3, -0.25) is 0 Å². The lowest BCUT2D eigenvalue weighted by Gasteiger charge is -2.23. The van der Waals surface area contributed by atoms with Crippen molar-refractivity contribution in [2.75, 3.05) is 13.1 Å². The summed E-state index contributed by atoms with van der Waals surface area (Å²) in [5.41, 5.74) is 0. The fraction of sp³-hybridized carbons (Fsp3) is 0.667. The summed E-state index contributed by atoms with van der Waals surface area (Å²) >= 11 is 0. The van der Waals surface area contributed by atoms with Crippen LogP contribution < -0.4 is 0 Å². The summed E-state index contributed by atoms with van der Waals surface area (Å²) in [4.78, 5) is -0.133. The second-order valence-electron chi connectivity index (χ2n) is 6.18. The van der Waals surface area contributed by atoms with Crippen molar-refractivity contribution < 1.29 is 18.6 Å². The summed E-state index contributed by atoms with van der Waals surface area (Å²) in [6, 6.07) is 3.63. The molecule has 0 spiro atoms. The Morgan fingerprint density at radius 2 is 1.42 bits per heavy atom. The molecular weight excluding hydrogens is 326 g/mol. The fourth-order valence-electron chi connectivity index (χ4n) is 2.65. The minimum absolute atomic E-state index is 0.133. The first-order chi connectivity index (χ1) is 11.4. The molecule has 0 bridgehead atoms. The first-order valence-corrected chi connectivity index (χ1v) is 10.4. The van der Waals surface area contributed by atoms with Gasteiger partial charge in [0.2, 0.25) is 10.0 Å². The number of nitrogens with zero attached hydrogens (tertiary/aromatic N) is 1. The molecule has 0 aromatic heterocycles. The van der Waals surface area contributed by atoms with Gasteiger partial charge in [0, 0.05) is 19.2 Å². The summed E-state index contributed by atoms with van der Waals surface area (Å²) in [6.45, 7) is 5.17. The Balaban J connectivity index is 2.88. The molecule has 2 N–H and O–H groups in total. The maximum atomic E-state index is 12.9. The minimum Gasteiger partial charge on any atom is -0.508 e. The van der Waals surface area contributed by atoms with Gasteiger partial charge in [0.25, 0.3) is 0 Å². The zero-order valence-electron chi connectivity index (χ0n) is 14.9. The van der Waals surface area contributed by atoms with Crippen molar-refractivity contribution in [3.05, 3.63) is 18.2 Å². The Bertz CT molecular complexity index is 575. The predicted octanol–water partition coefficient (Wildman–Crippen LogP) is 4.25. The lowest BCUT2D eigenvalue weighted by molar-refractivity contribution is 0.381. The SMILES string of the molecule is CCCCCCN(CCCCCC)S(=O)(=O)c1ccc(O)cc1O. The molecule has 1 aromatic rings. The Morgan fingerprint density at radius 3 is 1.88 bits per heavy atom. The molecule has 0 aliphatic carbocycles. The molecule has 1 aromatic carbocycles. The molecule has 0 amide bonds. The molecule has 24 heavy (non-hydrogen) atoms. The lowest BCUT2D eigenvalue weighted by atomic mass is 10.2. The molecule has 0 saturated carbocycles. The van der Waals surface area contributed by atoms with Crippen molar-refractivity contribution in [2.24, 2.45) is 0 Å². The monoisotopic (exact) mass is 357 g/mol. The number of sulfonamides is 1. The largest absolute Gasteiger partial charge is 0.508 e. The Hall–Kier alpha value is -1.27. The van der Waals surface area contributed by atoms with E-state index in [-0.39, 0.29) is 10.6 Å². The van der Waals surface area contributed by atoms with Crippen LogP contribution in [-0.4, -0.2) is 36.0 Å². The van der Waals surface area contributed by atoms with E-state index < -0.39 is 15.8 Å². The summed E-state index contributed by atoms with van der Waals surface area (Å²) in [6.07, 6.45) is 8.02. The Labute approximate surface area is 146 Å². The van der Waals surface area contributed by atoms with Crippen LogP contribution in [0.1, 0.15) is 65.2 Å². The van der Waals surface area contributed by atoms with Crippen LogP contribution in [0.3, 0.4) is 0 Å². The van der Waals surface area contributed by atoms with Gasteiger partial charge < -0.3 is 10.2 Å². The molecular formula is C18H31NO4S. The standard InChI is InChI=1S/C18H31NO4S/c1-3-5-7-9-13-19(14-10-8-6-4-2)24(22,23)18-12-11-16(20)15-17(18)21/h11-12,15,20-21H,3-10,13-14H2,1-2H3. The van der Waals surface area contributed by atoms with Gasteiger partial charge in [-0.1, -0.05) is 52.4 Å². The van der Waals surface area contributed by atoms with Gasteiger partial charge in [-0.05, 0) is 25.0 Å². The molecule has 0 saturated heterocycles. The quantitative estimate of drug-likeness (QED) is 0.548. The molecule has 0 unspecified atom stereocenters. The third-order valence-electron chi connectivity index (χ3n) is 4.08. The normalized spacial score (nSPS) is 12.0. The summed E-state index contributed by atoms with van der Waals surface area (Å²) in [7, 11) is -3.75. The van der Waals surface area contributed by atoms with Gasteiger partial charge in [-0.25, -0.2) is 8.42 Å². The molecule has 6 heteroatoms. The third kappa shape index (κ3) is 6.32. The van der Waals surface area contributed by atoms with E-state index in [1.165, 1.54) is 16.4 Å². The van der Waals surface area contributed by atoms with Crippen LogP contribution in [0.25, 0.3) is 0 Å². The second-order valence-corrected chi connectivity index (χ2v) is 8.08. The number of phenols is 2. The number of phenolic OH excluding ortho intramolecular Hbond substituents is 2. The number of benzene rings is 1. The highest BCUT2D eigenvalue weighted by atomic mass is 32.2. The van der Waals surface area contributed by atoms with Gasteiger partial charge in [-0.2, -0.15) is 4.31 Å². The molecule has 0 fully saturated rings. The van der Waals surface area contributed by atoms with Crippen molar-refractivity contribution >= 4 is 10.0 Å². The molecule has 5 nitrogen and oxygen atoms in total. The summed E-state index contributed by atoms with van der Waals surface area (Å²) in [5, 5.41) is 19.3. The molecule has 138 valence electrons. The Morgan fingerprint density at radius 1 is 0.875 bits per heavy atom. The first-order valence-electron chi connectivity index (χ1n) is 8.95. The molecule has 1 rings (SSSR count). The van der Waals surface area contributed by atoms with Crippen LogP contribution in [-0.2, 0) is 10.0 Å². The van der Waals surface area contributed by atoms with E-state index in [9.17, 15) is 18.6 Å². The molecule has 0 radical (unpaired) electrons. The van der Waals surface area contributed by atoms with Crippen molar-refractivity contribution in [1.82, 2.24) is 4.31 Å². The van der Waals surface area contributed by atoms with Gasteiger partial charge >= 0.3 is 0 Å². The predicted molar refractivity (Wildman–Crippen MR) is 96.8 cm³/mol. The third-order valence-corrected chi connectivity index (χ3v) is 6.03. The van der Waals surface area contributed by atoms with Crippen LogP contribution in [0.15, 0.2) is 23.1 Å². The highest BCUT2D eigenvalue weighted by molar-refractivity contribution is 7.89. The van der Waals surface area contributed by atoms with E-state index >= 15 is 0 Å². The maximum Gasteiger partial charge on any atom is 0.246 e. The van der Waals surface area contributed by atoms with Crippen LogP contribution >= 0.6 is 0 Å². The van der Waals surface area contributed by atoms with Crippen LogP contribution in [0.5, 0.6) is 11.5 Å². The van der Waals surface area contributed by atoms with Crippen molar-refractivity contribution in [3.8, 4) is 11.5 Å². The summed E-state index contributed by atoms with van der Waals surface area (Å²) < 4.78 is 27.2. The van der Waals surface area contributed by atoms with Crippen molar-refractivity contribution in [3.63, 3.8) is 0 Å². The highest BCUT2D eigenvalue weighted by Crippen LogP contribution is 2.29. The smallest absolute Gasteiger partial charge is 0.246 e. The van der Waals surface area contributed by atoms with Crippen LogP contribution in [0, 0.1) is 0 Å². The highest BCUT2D eigenvalue weighted by Gasteiger charge is 2.26. The zero-order valence-corrected chi connectivity index (χ0v) is 15.7. The first kappa shape index (κ1) is 20.8. The van der Waals surface area contributed by atoms with Crippen LogP contribution in [0.4, 0.5) is 0 Å². The molecule has 0 heterocycles. The molecule has 0 aliphatic heterocycles. The summed E-state index contributed by atoms with van der Waals surface area (Å²) in [5.74, 6) is -0.550. The van der Waals surface area contributed by atoms with E-state index in [2.05, 4.69) is 13.8 Å². The molecule has 0 atom stereocenters. The van der Waals surface area contributed by atoms with E-state index in [1.807, 2.05) is 0 Å². The lowest BCUT2D eigenvalue weighted by Crippen LogP contribution is -2.33. The maximum absolute atomic E-state index is 12.9. The zero-order chi connectivity index (χ0) is 18.0. The number of hydrogen-bond donors (Lipinski definition) is 2. The van der Waals surface area contributed by atoms with Crippen molar-refractivity contribution in [2.45, 2.75) is 70.1 Å². The topological polar surface area (TPSA) is 77.8 Å². The minimum atomic E-state index is -3.75. The van der Waals surface area contributed by atoms with E-state index in [0.717, 1.165) is 57.4 Å². The van der Waals surface area contributed by atoms with Gasteiger partial charge in [0.05, 0.1) is 0 Å². The van der Waals surface area contributed by atoms with E-state index in [0.29, 0.717) is 13.1 Å². The fourth-order valence-corrected chi connectivity index (χ4v) is 4.23. The van der Waals surface area contributed by atoms with Crippen LogP contribution in [0.2, 0.25) is 0 Å². The number of rotatable bonds is 12. The van der Waals surface area contributed by atoms with E-state index in [1.54, 1.807) is 0 Å². The number of unbranched alkanes of at least 4 members (excludes halogenated alkanes) is 6. The molecule has 0 aliphatic rings. The van der Waals surface area contributed by atoms with Crippen molar-refractivity contribution in [1.29, 1.82) is 0 Å².